The van der Waals surface area contributed by atoms with Crippen molar-refractivity contribution in [3.63, 3.8) is 0 Å². The molecular formula is C36H58O5Si2. The molecule has 1 aromatic rings. The maximum Gasteiger partial charge on any atom is 0.192 e. The summed E-state index contributed by atoms with van der Waals surface area (Å²) in [5.74, 6) is 0.695. The van der Waals surface area contributed by atoms with Crippen LogP contribution in [-0.4, -0.2) is 46.0 Å². The molecule has 240 valence electrons. The van der Waals surface area contributed by atoms with Crippen molar-refractivity contribution in [3.05, 3.63) is 35.9 Å². The number of fused-ring (bicyclic) bond motifs is 1. The molecule has 4 fully saturated rings. The van der Waals surface area contributed by atoms with Gasteiger partial charge < -0.3 is 18.4 Å². The fraction of sp³-hybridized carbons (Fsp3) is 0.778. The van der Waals surface area contributed by atoms with E-state index in [2.05, 4.69) is 86.4 Å². The molecular weight excluding hydrogens is 569 g/mol. The average molecular weight is 627 g/mol. The van der Waals surface area contributed by atoms with E-state index in [0.29, 0.717) is 19.4 Å². The van der Waals surface area contributed by atoms with Crippen LogP contribution in [0.1, 0.15) is 79.2 Å². The summed E-state index contributed by atoms with van der Waals surface area (Å²) >= 11 is 0. The first-order valence-electron chi connectivity index (χ1n) is 16.8. The van der Waals surface area contributed by atoms with Crippen LogP contribution in [0.25, 0.3) is 0 Å². The van der Waals surface area contributed by atoms with Crippen molar-refractivity contribution >= 4 is 28.7 Å². The predicted octanol–water partition coefficient (Wildman–Crippen LogP) is 8.44. The third kappa shape index (κ3) is 5.62. The number of aldehydes is 1. The van der Waals surface area contributed by atoms with E-state index in [1.165, 1.54) is 0 Å². The Morgan fingerprint density at radius 1 is 0.953 bits per heavy atom. The van der Waals surface area contributed by atoms with Crippen LogP contribution in [0.15, 0.2) is 30.3 Å². The average Bonchev–Trinajstić information content (AvgIpc) is 3.53. The highest BCUT2D eigenvalue weighted by molar-refractivity contribution is 6.74. The maximum absolute atomic E-state index is 14.9. The summed E-state index contributed by atoms with van der Waals surface area (Å²) in [6.07, 6.45) is 5.00. The molecule has 4 aliphatic carbocycles. The van der Waals surface area contributed by atoms with Crippen LogP contribution < -0.4 is 0 Å². The molecule has 0 heterocycles. The Labute approximate surface area is 263 Å². The predicted molar refractivity (Wildman–Crippen MR) is 178 cm³/mol. The number of hydrogen-bond donors (Lipinski definition) is 0. The zero-order valence-corrected chi connectivity index (χ0v) is 30.8. The molecule has 0 N–H and O–H groups in total. The van der Waals surface area contributed by atoms with Gasteiger partial charge in [-0.05, 0) is 105 Å². The Morgan fingerprint density at radius 3 is 2.19 bits per heavy atom. The molecule has 9 atom stereocenters. The van der Waals surface area contributed by atoms with Crippen molar-refractivity contribution in [2.24, 2.45) is 40.9 Å². The van der Waals surface area contributed by atoms with Crippen LogP contribution in [0.4, 0.5) is 0 Å². The summed E-state index contributed by atoms with van der Waals surface area (Å²) in [5, 5.41) is 0.105. The monoisotopic (exact) mass is 626 g/mol. The van der Waals surface area contributed by atoms with Crippen LogP contribution in [0.5, 0.6) is 0 Å². The van der Waals surface area contributed by atoms with Crippen molar-refractivity contribution in [1.29, 1.82) is 0 Å². The van der Waals surface area contributed by atoms with Gasteiger partial charge in [0.25, 0.3) is 0 Å². The van der Waals surface area contributed by atoms with Gasteiger partial charge in [0.05, 0.1) is 18.3 Å². The van der Waals surface area contributed by atoms with E-state index in [-0.39, 0.29) is 57.8 Å². The van der Waals surface area contributed by atoms with Crippen molar-refractivity contribution in [2.75, 3.05) is 0 Å². The topological polar surface area (TPSA) is 61.8 Å². The van der Waals surface area contributed by atoms with Crippen LogP contribution in [-0.2, 0) is 29.8 Å². The van der Waals surface area contributed by atoms with E-state index in [1.807, 2.05) is 18.2 Å². The summed E-state index contributed by atoms with van der Waals surface area (Å²) < 4.78 is 21.7. The Balaban J connectivity index is 1.63. The molecule has 0 radical (unpaired) electrons. The first-order chi connectivity index (χ1) is 19.8. The van der Waals surface area contributed by atoms with Gasteiger partial charge in [-0.2, -0.15) is 0 Å². The Kier molecular flexibility index (Phi) is 8.50. The molecule has 0 amide bonds. The van der Waals surface area contributed by atoms with E-state index in [0.717, 1.165) is 31.1 Å². The number of carbonyl (C=O) groups is 2. The molecule has 5 rings (SSSR count). The molecule has 5 nitrogen and oxygen atoms in total. The highest BCUT2D eigenvalue weighted by Crippen LogP contribution is 2.67. The third-order valence-corrected chi connectivity index (χ3v) is 18.2. The van der Waals surface area contributed by atoms with Crippen LogP contribution >= 0.6 is 0 Å². The minimum atomic E-state index is -2.06. The molecule has 0 spiro atoms. The van der Waals surface area contributed by atoms with E-state index < -0.39 is 27.8 Å². The second-order valence-corrected chi connectivity index (χ2v) is 26.9. The largest absolute Gasteiger partial charge is 0.413 e. The zero-order chi connectivity index (χ0) is 31.8. The number of benzene rings is 1. The van der Waals surface area contributed by atoms with Gasteiger partial charge in [0.15, 0.2) is 22.4 Å². The van der Waals surface area contributed by atoms with Gasteiger partial charge in [0, 0.05) is 18.3 Å². The molecule has 0 aromatic heterocycles. The molecule has 4 saturated carbocycles. The van der Waals surface area contributed by atoms with Crippen LogP contribution in [0.2, 0.25) is 37.8 Å². The molecule has 0 bridgehead atoms. The van der Waals surface area contributed by atoms with Gasteiger partial charge in [-0.3, -0.25) is 4.79 Å². The lowest BCUT2D eigenvalue weighted by atomic mass is 9.59. The quantitative estimate of drug-likeness (QED) is 0.214. The number of rotatable bonds is 8. The standard InChI is InChI=1S/C36H58O5Si2/c1-33(2,3)43(10,11)40-31-20-29-28(34(31,4)5)19-30(38)36(39-23-24-15-13-12-14-16-24)21-25(22-37)26-17-18-27(32(26)36)35(29,6)41-42(7,8)9/h12-16,22,25-29,31-32H,17-21,23H2,1-11H3/t25?,26-,27+,28+,29+,31-,32+,35+,36+/m0/s1. The number of hydrogen-bond acceptors (Lipinski definition) is 5. The molecule has 0 saturated heterocycles. The van der Waals surface area contributed by atoms with Gasteiger partial charge in [-0.25, -0.2) is 0 Å². The first kappa shape index (κ1) is 33.2. The summed E-state index contributed by atoms with van der Waals surface area (Å²) in [5.41, 5.74) is -0.516. The van der Waals surface area contributed by atoms with Crippen LogP contribution in [0.3, 0.4) is 0 Å². The molecule has 1 unspecified atom stereocenters. The van der Waals surface area contributed by atoms with Crippen molar-refractivity contribution in [1.82, 2.24) is 0 Å². The van der Waals surface area contributed by atoms with Gasteiger partial charge in [-0.1, -0.05) is 65.0 Å². The zero-order valence-electron chi connectivity index (χ0n) is 28.8. The van der Waals surface area contributed by atoms with Crippen molar-refractivity contribution < 1.29 is 23.2 Å². The normalized spacial score (nSPS) is 39.2. The summed E-state index contributed by atoms with van der Waals surface area (Å²) in [6, 6.07) is 10.2. The minimum absolute atomic E-state index is 0.00955. The summed E-state index contributed by atoms with van der Waals surface area (Å²) in [6.45, 7) is 26.0. The van der Waals surface area contributed by atoms with E-state index >= 15 is 0 Å². The third-order valence-electron chi connectivity index (χ3n) is 12.7. The van der Waals surface area contributed by atoms with Crippen molar-refractivity contribution in [3.8, 4) is 0 Å². The summed E-state index contributed by atoms with van der Waals surface area (Å²) in [4.78, 5) is 27.5. The molecule has 7 heteroatoms. The number of carbonyl (C=O) groups excluding carboxylic acids is 2. The van der Waals surface area contributed by atoms with Gasteiger partial charge in [0.2, 0.25) is 0 Å². The Hall–Kier alpha value is -1.13. The molecule has 1 aromatic carbocycles. The lowest BCUT2D eigenvalue weighted by Gasteiger charge is -2.54. The Bertz CT molecular complexity index is 1200. The Morgan fingerprint density at radius 2 is 1.60 bits per heavy atom. The molecule has 43 heavy (non-hydrogen) atoms. The van der Waals surface area contributed by atoms with Gasteiger partial charge >= 0.3 is 0 Å². The fourth-order valence-corrected chi connectivity index (χ4v) is 12.7. The second kappa shape index (κ2) is 11.0. The number of Topliss-reactive ketones (excluding diaryl/α,β-unsaturated/α-hetero) is 1. The lowest BCUT2D eigenvalue weighted by molar-refractivity contribution is -0.177. The SMILES string of the molecule is CC1(C)[C@@H](O[Si](C)(C)C(C)(C)C)C[C@@H]2[C@H]1CC(=O)[C@]1(OCc3ccccc3)CC(C=O)[C@@H]3CC[C@H]([C@@H]31)[C@@]2(C)O[Si](C)(C)C. The van der Waals surface area contributed by atoms with Gasteiger partial charge in [0.1, 0.15) is 11.9 Å². The number of ketones is 1. The summed E-state index contributed by atoms with van der Waals surface area (Å²) in [7, 11) is -4.07. The highest BCUT2D eigenvalue weighted by Gasteiger charge is 2.71. The van der Waals surface area contributed by atoms with E-state index in [4.69, 9.17) is 13.6 Å². The number of ether oxygens (including phenoxy) is 1. The highest BCUT2D eigenvalue weighted by atomic mass is 28.4. The van der Waals surface area contributed by atoms with E-state index in [1.54, 1.807) is 0 Å². The lowest BCUT2D eigenvalue weighted by Crippen LogP contribution is -2.61. The molecule has 4 aliphatic rings. The van der Waals surface area contributed by atoms with E-state index in [9.17, 15) is 9.59 Å². The fourth-order valence-electron chi connectivity index (χ4n) is 9.62. The first-order valence-corrected chi connectivity index (χ1v) is 23.1. The van der Waals surface area contributed by atoms with Crippen LogP contribution in [0, 0.1) is 40.9 Å². The van der Waals surface area contributed by atoms with Crippen molar-refractivity contribution in [2.45, 2.75) is 135 Å². The smallest absolute Gasteiger partial charge is 0.192 e. The second-order valence-electron chi connectivity index (χ2n) is 17.7. The minimum Gasteiger partial charge on any atom is -0.413 e. The maximum atomic E-state index is 14.9. The van der Waals surface area contributed by atoms with Gasteiger partial charge in [-0.15, -0.1) is 0 Å². The molecule has 0 aliphatic heterocycles.